The van der Waals surface area contributed by atoms with Crippen LogP contribution in [0.4, 0.5) is 5.69 Å². The van der Waals surface area contributed by atoms with Gasteiger partial charge in [0.25, 0.3) is 10.0 Å². The van der Waals surface area contributed by atoms with Gasteiger partial charge >= 0.3 is 0 Å². The van der Waals surface area contributed by atoms with Gasteiger partial charge in [-0.25, -0.2) is 13.1 Å². The van der Waals surface area contributed by atoms with E-state index in [1.54, 1.807) is 26.4 Å². The molecule has 5 atom stereocenters. The Kier molecular flexibility index (Phi) is 10.3. The number of sulfonamides is 1. The topological polar surface area (TPSA) is 103 Å². The number of aryl methyl sites for hydroxylation is 1. The number of carbonyl (C=O) groups excluding carboxylic acids is 1. The first-order valence-electron chi connectivity index (χ1n) is 16.4. The van der Waals surface area contributed by atoms with Crippen molar-refractivity contribution >= 4 is 33.2 Å². The maximum Gasteiger partial charge on any atom is 0.264 e. The van der Waals surface area contributed by atoms with Crippen molar-refractivity contribution in [3.63, 3.8) is 0 Å². The maximum atomic E-state index is 13.7. The number of methoxy groups -OCH3 is 2. The first-order valence-corrected chi connectivity index (χ1v) is 18.2. The number of anilines is 1. The van der Waals surface area contributed by atoms with Crippen LogP contribution >= 0.6 is 11.6 Å². The predicted octanol–water partition coefficient (Wildman–Crippen LogP) is 5.29. The minimum atomic E-state index is -4.16. The summed E-state index contributed by atoms with van der Waals surface area (Å²) in [6, 6.07) is 11.1. The van der Waals surface area contributed by atoms with Crippen molar-refractivity contribution < 1.29 is 32.2 Å². The minimum Gasteiger partial charge on any atom is -0.490 e. The van der Waals surface area contributed by atoms with E-state index >= 15 is 0 Å². The van der Waals surface area contributed by atoms with E-state index in [0.29, 0.717) is 56.8 Å². The Balaban J connectivity index is 1.38. The van der Waals surface area contributed by atoms with Crippen LogP contribution in [0.3, 0.4) is 0 Å². The monoisotopic (exact) mass is 672 g/mol. The zero-order chi connectivity index (χ0) is 32.3. The highest BCUT2D eigenvalue weighted by Gasteiger charge is 2.44. The summed E-state index contributed by atoms with van der Waals surface area (Å²) in [6.45, 7) is 2.71. The van der Waals surface area contributed by atoms with E-state index in [4.69, 9.17) is 30.5 Å². The molecule has 1 fully saturated rings. The average Bonchev–Trinajstić information content (AvgIpc) is 3.17. The molecule has 11 heteroatoms. The molecule has 1 amide bonds. The lowest BCUT2D eigenvalue weighted by molar-refractivity contribution is -0.125. The predicted molar refractivity (Wildman–Crippen MR) is 177 cm³/mol. The Morgan fingerprint density at radius 1 is 1.11 bits per heavy atom. The van der Waals surface area contributed by atoms with Gasteiger partial charge in [0.1, 0.15) is 5.75 Å². The fraction of sp³-hybridized carbons (Fsp3) is 0.571. The number of carbonyl (C=O) groups is 1. The molecule has 2 aliphatic heterocycles. The van der Waals surface area contributed by atoms with E-state index in [1.807, 2.05) is 6.07 Å². The highest BCUT2D eigenvalue weighted by atomic mass is 35.5. The van der Waals surface area contributed by atoms with Gasteiger partial charge in [0, 0.05) is 37.7 Å². The number of benzene rings is 2. The Hall–Kier alpha value is -2.63. The van der Waals surface area contributed by atoms with E-state index in [1.165, 1.54) is 17.2 Å². The Labute approximate surface area is 277 Å². The van der Waals surface area contributed by atoms with Crippen LogP contribution in [-0.4, -0.2) is 74.2 Å². The fourth-order valence-corrected chi connectivity index (χ4v) is 8.91. The van der Waals surface area contributed by atoms with Gasteiger partial charge in [0.2, 0.25) is 5.91 Å². The highest BCUT2D eigenvalue weighted by Crippen LogP contribution is 2.47. The van der Waals surface area contributed by atoms with Gasteiger partial charge in [-0.15, -0.1) is 0 Å². The molecule has 6 rings (SSSR count). The van der Waals surface area contributed by atoms with E-state index < -0.39 is 21.8 Å². The molecule has 0 saturated heterocycles. The number of ether oxygens (including phenoxy) is 4. The maximum absolute atomic E-state index is 13.7. The normalized spacial score (nSPS) is 29.1. The lowest BCUT2D eigenvalue weighted by Gasteiger charge is -2.46. The van der Waals surface area contributed by atoms with Crippen molar-refractivity contribution in [2.75, 3.05) is 58.6 Å². The molecule has 2 bridgehead atoms. The summed E-state index contributed by atoms with van der Waals surface area (Å²) >= 11 is 6.42. The number of rotatable bonds is 6. The van der Waals surface area contributed by atoms with Crippen LogP contribution in [0.2, 0.25) is 5.02 Å². The van der Waals surface area contributed by atoms with Crippen molar-refractivity contribution in [2.24, 2.45) is 17.8 Å². The first-order chi connectivity index (χ1) is 22.2. The molecular formula is C35H45ClN2O7S. The van der Waals surface area contributed by atoms with Crippen LogP contribution in [0.25, 0.3) is 0 Å². The molecule has 2 aliphatic carbocycles. The van der Waals surface area contributed by atoms with Gasteiger partial charge in [-0.1, -0.05) is 29.8 Å². The molecule has 46 heavy (non-hydrogen) atoms. The van der Waals surface area contributed by atoms with Crippen molar-refractivity contribution in [3.05, 3.63) is 64.7 Å². The van der Waals surface area contributed by atoms with E-state index in [9.17, 15) is 13.2 Å². The smallest absolute Gasteiger partial charge is 0.264 e. The van der Waals surface area contributed by atoms with Gasteiger partial charge in [-0.2, -0.15) is 0 Å². The second-order valence-corrected chi connectivity index (χ2v) is 15.3. The molecule has 0 aromatic heterocycles. The number of hydrogen-bond acceptors (Lipinski definition) is 8. The zero-order valence-corrected chi connectivity index (χ0v) is 28.3. The molecule has 1 saturated carbocycles. The number of amides is 1. The number of nitrogens with zero attached hydrogens (tertiary/aromatic N) is 1. The Morgan fingerprint density at radius 2 is 1.98 bits per heavy atom. The van der Waals surface area contributed by atoms with Crippen molar-refractivity contribution in [1.29, 1.82) is 0 Å². The minimum absolute atomic E-state index is 0.0333. The van der Waals surface area contributed by atoms with Crippen molar-refractivity contribution in [3.8, 4) is 5.75 Å². The lowest BCUT2D eigenvalue weighted by Crippen LogP contribution is -2.49. The Morgan fingerprint density at radius 3 is 2.76 bits per heavy atom. The summed E-state index contributed by atoms with van der Waals surface area (Å²) in [4.78, 5) is 15.8. The second-order valence-electron chi connectivity index (χ2n) is 13.2. The quantitative estimate of drug-likeness (QED) is 0.326. The number of halogens is 1. The van der Waals surface area contributed by atoms with Gasteiger partial charge in [0.05, 0.1) is 49.0 Å². The van der Waals surface area contributed by atoms with Gasteiger partial charge in [-0.3, -0.25) is 4.79 Å². The number of hydrogen-bond donors (Lipinski definition) is 1. The van der Waals surface area contributed by atoms with Crippen molar-refractivity contribution in [1.82, 2.24) is 4.72 Å². The molecule has 1 N–H and O–H groups in total. The first kappa shape index (κ1) is 33.3. The third-order valence-electron chi connectivity index (χ3n) is 10.3. The van der Waals surface area contributed by atoms with Crippen LogP contribution in [0.1, 0.15) is 49.7 Å². The third-order valence-corrected chi connectivity index (χ3v) is 11.9. The summed E-state index contributed by atoms with van der Waals surface area (Å²) in [5.74, 6) is 0.105. The molecule has 4 aliphatic rings. The van der Waals surface area contributed by atoms with Gasteiger partial charge < -0.3 is 23.8 Å². The van der Waals surface area contributed by atoms with Crippen LogP contribution in [-0.2, 0) is 40.9 Å². The summed E-state index contributed by atoms with van der Waals surface area (Å²) in [6.07, 6.45) is 10.2. The Bertz CT molecular complexity index is 1550. The van der Waals surface area contributed by atoms with Gasteiger partial charge in [0.15, 0.2) is 0 Å². The second kappa shape index (κ2) is 14.2. The molecule has 1 spiro atoms. The number of allylic oxidation sites excluding steroid dienone is 1. The zero-order valence-electron chi connectivity index (χ0n) is 26.7. The summed E-state index contributed by atoms with van der Waals surface area (Å²) < 4.78 is 53.1. The molecule has 9 nitrogen and oxygen atoms in total. The number of fused-ring (bicyclic) bond motifs is 4. The van der Waals surface area contributed by atoms with Crippen molar-refractivity contribution in [2.45, 2.75) is 61.4 Å². The lowest BCUT2D eigenvalue weighted by atomic mass is 9.68. The van der Waals surface area contributed by atoms with E-state index in [2.05, 4.69) is 33.9 Å². The molecular weight excluding hydrogens is 628 g/mol. The summed E-state index contributed by atoms with van der Waals surface area (Å²) in [7, 11) is -0.828. The van der Waals surface area contributed by atoms with Gasteiger partial charge in [-0.05, 0) is 98.2 Å². The molecule has 0 radical (unpaired) electrons. The molecule has 0 unspecified atom stereocenters. The summed E-state index contributed by atoms with van der Waals surface area (Å²) in [5, 5.41) is 0.732. The average molecular weight is 673 g/mol. The third kappa shape index (κ3) is 6.97. The SMILES string of the molecule is COCCOC[C@@H]1CCC=C[C@@H](OC)[C@@H]2CC[C@H]2CN2C[C@@]3(CCCc4cc(Cl)ccc43)COc3ccc(cc32)S(=O)(=O)NC1=O. The van der Waals surface area contributed by atoms with Crippen LogP contribution in [0.15, 0.2) is 53.4 Å². The van der Waals surface area contributed by atoms with E-state index in [-0.39, 0.29) is 23.0 Å². The molecule has 2 aromatic carbocycles. The highest BCUT2D eigenvalue weighted by molar-refractivity contribution is 7.90. The summed E-state index contributed by atoms with van der Waals surface area (Å²) in [5.41, 5.74) is 2.96. The van der Waals surface area contributed by atoms with Crippen LogP contribution in [0.5, 0.6) is 5.75 Å². The standard InChI is InChI=1S/C35H45ClN2O7S/c1-42-16-17-44-21-26-6-3-4-8-32(43-2)29-12-9-25(29)20-38-22-35(15-5-7-24-18-27(36)10-13-30(24)35)23-45-33-14-11-28(19-31(33)38)46(40,41)37-34(26)39/h4,8,10-11,13-14,18-19,25-26,29,32H,3,5-7,9,12,15-17,20-23H2,1-2H3,(H,37,39)/t25-,26-,29+,32+,35-/m0/s1. The largest absolute Gasteiger partial charge is 0.490 e. The molecule has 2 aromatic rings. The molecule has 2 heterocycles. The molecule has 250 valence electrons. The van der Waals surface area contributed by atoms with E-state index in [0.717, 1.165) is 49.4 Å². The van der Waals surface area contributed by atoms with Crippen LogP contribution < -0.4 is 14.4 Å². The fourth-order valence-electron chi connectivity index (χ4n) is 7.65. The van der Waals surface area contributed by atoms with Crippen LogP contribution in [0, 0.1) is 17.8 Å². The number of nitrogens with one attached hydrogen (secondary N) is 1.